The Hall–Kier alpha value is -2.40. The molecule has 2 heterocycles. The van der Waals surface area contributed by atoms with Gasteiger partial charge in [-0.2, -0.15) is 4.98 Å². The predicted octanol–water partition coefficient (Wildman–Crippen LogP) is 3.03. The van der Waals surface area contributed by atoms with Crippen LogP contribution in [0.3, 0.4) is 0 Å². The molecule has 0 aliphatic carbocycles. The van der Waals surface area contributed by atoms with Crippen molar-refractivity contribution in [3.8, 4) is 23.0 Å². The van der Waals surface area contributed by atoms with Gasteiger partial charge in [0.2, 0.25) is 5.82 Å². The number of halogens is 1. The van der Waals surface area contributed by atoms with Gasteiger partial charge < -0.3 is 10.3 Å². The van der Waals surface area contributed by atoms with Gasteiger partial charge in [0.25, 0.3) is 5.89 Å². The second-order valence-electron chi connectivity index (χ2n) is 3.88. The highest BCUT2D eigenvalue weighted by Crippen LogP contribution is 2.22. The Balaban J connectivity index is 1.97. The van der Waals surface area contributed by atoms with Crippen LogP contribution < -0.4 is 5.73 Å². The summed E-state index contributed by atoms with van der Waals surface area (Å²) < 4.78 is 5.18. The zero-order valence-electron chi connectivity index (χ0n) is 9.75. The first kappa shape index (κ1) is 11.7. The molecule has 2 N–H and O–H groups in total. The van der Waals surface area contributed by atoms with Crippen molar-refractivity contribution in [2.75, 3.05) is 5.73 Å². The maximum absolute atomic E-state index is 5.83. The summed E-state index contributed by atoms with van der Waals surface area (Å²) in [5.74, 6) is 1.22. The SMILES string of the molecule is Nc1cccc(-c2nc(-c3ccc(Cl)cc3)no2)n1. The maximum Gasteiger partial charge on any atom is 0.276 e. The number of nitrogen functional groups attached to an aromatic ring is 1. The maximum atomic E-state index is 5.83. The summed E-state index contributed by atoms with van der Waals surface area (Å²) in [5, 5.41) is 4.57. The molecule has 19 heavy (non-hydrogen) atoms. The number of aromatic nitrogens is 3. The van der Waals surface area contributed by atoms with E-state index in [1.807, 2.05) is 12.1 Å². The largest absolute Gasteiger partial charge is 0.384 e. The number of nitrogens with zero attached hydrogens (tertiary/aromatic N) is 3. The van der Waals surface area contributed by atoms with Crippen LogP contribution in [0.1, 0.15) is 0 Å². The monoisotopic (exact) mass is 272 g/mol. The van der Waals surface area contributed by atoms with Crippen LogP contribution in [0.15, 0.2) is 47.0 Å². The Morgan fingerprint density at radius 1 is 1.00 bits per heavy atom. The molecule has 0 radical (unpaired) electrons. The van der Waals surface area contributed by atoms with E-state index in [9.17, 15) is 0 Å². The quantitative estimate of drug-likeness (QED) is 0.776. The molecule has 3 aromatic rings. The summed E-state index contributed by atoms with van der Waals surface area (Å²) in [5.41, 5.74) is 6.99. The van der Waals surface area contributed by atoms with Gasteiger partial charge >= 0.3 is 0 Å². The van der Waals surface area contributed by atoms with Crippen LogP contribution in [0.5, 0.6) is 0 Å². The van der Waals surface area contributed by atoms with E-state index in [4.69, 9.17) is 21.9 Å². The molecule has 94 valence electrons. The molecule has 0 fully saturated rings. The molecule has 0 aliphatic heterocycles. The third-order valence-electron chi connectivity index (χ3n) is 2.52. The Morgan fingerprint density at radius 2 is 1.79 bits per heavy atom. The minimum absolute atomic E-state index is 0.331. The fourth-order valence-corrected chi connectivity index (χ4v) is 1.74. The van der Waals surface area contributed by atoms with Crippen molar-refractivity contribution in [2.24, 2.45) is 0 Å². The van der Waals surface area contributed by atoms with Crippen LogP contribution >= 0.6 is 11.6 Å². The third kappa shape index (κ3) is 2.41. The number of nitrogens with two attached hydrogens (primary N) is 1. The predicted molar refractivity (Wildman–Crippen MR) is 72.4 cm³/mol. The van der Waals surface area contributed by atoms with E-state index in [2.05, 4.69) is 15.1 Å². The molecule has 1 aromatic carbocycles. The molecule has 0 saturated heterocycles. The van der Waals surface area contributed by atoms with Gasteiger partial charge in [-0.15, -0.1) is 0 Å². The standard InChI is InChI=1S/C13H9ClN4O/c14-9-6-4-8(5-7-9)12-17-13(19-18-12)10-2-1-3-11(15)16-10/h1-7H,(H2,15,16). The molecule has 0 spiro atoms. The number of hydrogen-bond acceptors (Lipinski definition) is 5. The second kappa shape index (κ2) is 4.70. The van der Waals surface area contributed by atoms with Crippen LogP contribution in [0.25, 0.3) is 23.0 Å². The van der Waals surface area contributed by atoms with E-state index in [1.165, 1.54) is 0 Å². The lowest BCUT2D eigenvalue weighted by molar-refractivity contribution is 0.431. The number of benzene rings is 1. The lowest BCUT2D eigenvalue weighted by atomic mass is 10.2. The molecule has 3 rings (SSSR count). The summed E-state index contributed by atoms with van der Waals surface area (Å²) in [6, 6.07) is 12.4. The van der Waals surface area contributed by atoms with Gasteiger partial charge in [0.1, 0.15) is 11.5 Å². The number of anilines is 1. The topological polar surface area (TPSA) is 77.8 Å². The van der Waals surface area contributed by atoms with E-state index in [1.54, 1.807) is 30.3 Å². The van der Waals surface area contributed by atoms with Crippen LogP contribution in [-0.2, 0) is 0 Å². The van der Waals surface area contributed by atoms with Gasteiger partial charge in [-0.1, -0.05) is 22.8 Å². The van der Waals surface area contributed by atoms with Gasteiger partial charge in [-0.05, 0) is 36.4 Å². The fraction of sp³-hybridized carbons (Fsp3) is 0. The van der Waals surface area contributed by atoms with E-state index in [0.717, 1.165) is 5.56 Å². The summed E-state index contributed by atoms with van der Waals surface area (Å²) in [6.07, 6.45) is 0. The van der Waals surface area contributed by atoms with Crippen LogP contribution in [0.4, 0.5) is 5.82 Å². The first-order valence-electron chi connectivity index (χ1n) is 5.55. The summed E-state index contributed by atoms with van der Waals surface area (Å²) in [7, 11) is 0. The summed E-state index contributed by atoms with van der Waals surface area (Å²) in [4.78, 5) is 8.41. The Morgan fingerprint density at radius 3 is 2.53 bits per heavy atom. The highest BCUT2D eigenvalue weighted by molar-refractivity contribution is 6.30. The molecule has 0 bridgehead atoms. The highest BCUT2D eigenvalue weighted by atomic mass is 35.5. The molecule has 0 atom stereocenters. The molecular formula is C13H9ClN4O. The van der Waals surface area contributed by atoms with Crippen molar-refractivity contribution in [3.63, 3.8) is 0 Å². The summed E-state index contributed by atoms with van der Waals surface area (Å²) in [6.45, 7) is 0. The van der Waals surface area contributed by atoms with Gasteiger partial charge in [-0.3, -0.25) is 0 Å². The third-order valence-corrected chi connectivity index (χ3v) is 2.77. The number of hydrogen-bond donors (Lipinski definition) is 1. The molecule has 0 aliphatic rings. The van der Waals surface area contributed by atoms with Crippen molar-refractivity contribution < 1.29 is 4.52 Å². The Labute approximate surface area is 114 Å². The lowest BCUT2D eigenvalue weighted by Crippen LogP contribution is -1.91. The van der Waals surface area contributed by atoms with Crippen molar-refractivity contribution in [2.45, 2.75) is 0 Å². The first-order chi connectivity index (χ1) is 9.22. The zero-order valence-corrected chi connectivity index (χ0v) is 10.5. The highest BCUT2D eigenvalue weighted by Gasteiger charge is 2.11. The molecular weight excluding hydrogens is 264 g/mol. The Kier molecular flexibility index (Phi) is 2.89. The van der Waals surface area contributed by atoms with E-state index in [-0.39, 0.29) is 0 Å². The van der Waals surface area contributed by atoms with Crippen molar-refractivity contribution in [1.29, 1.82) is 0 Å². The lowest BCUT2D eigenvalue weighted by Gasteiger charge is -1.95. The molecule has 2 aromatic heterocycles. The average Bonchev–Trinajstić information content (AvgIpc) is 2.89. The van der Waals surface area contributed by atoms with Gasteiger partial charge in [0.05, 0.1) is 0 Å². The van der Waals surface area contributed by atoms with Crippen molar-refractivity contribution in [3.05, 3.63) is 47.5 Å². The van der Waals surface area contributed by atoms with Crippen LogP contribution in [0, 0.1) is 0 Å². The van der Waals surface area contributed by atoms with Gasteiger partial charge in [0.15, 0.2) is 0 Å². The minimum Gasteiger partial charge on any atom is -0.384 e. The zero-order chi connectivity index (χ0) is 13.2. The van der Waals surface area contributed by atoms with Crippen molar-refractivity contribution >= 4 is 17.4 Å². The number of pyridine rings is 1. The Bertz CT molecular complexity index is 709. The van der Waals surface area contributed by atoms with Crippen molar-refractivity contribution in [1.82, 2.24) is 15.1 Å². The van der Waals surface area contributed by atoms with Gasteiger partial charge in [0, 0.05) is 10.6 Å². The minimum atomic E-state index is 0.331. The molecule has 0 amide bonds. The molecule has 6 heteroatoms. The smallest absolute Gasteiger partial charge is 0.276 e. The van der Waals surface area contributed by atoms with E-state index >= 15 is 0 Å². The second-order valence-corrected chi connectivity index (χ2v) is 4.31. The normalized spacial score (nSPS) is 10.6. The fourth-order valence-electron chi connectivity index (χ4n) is 1.61. The van der Waals surface area contributed by atoms with Crippen LogP contribution in [0.2, 0.25) is 5.02 Å². The summed E-state index contributed by atoms with van der Waals surface area (Å²) >= 11 is 5.83. The molecule has 0 unspecified atom stereocenters. The molecule has 0 saturated carbocycles. The van der Waals surface area contributed by atoms with Crippen LogP contribution in [-0.4, -0.2) is 15.1 Å². The first-order valence-corrected chi connectivity index (χ1v) is 5.93. The van der Waals surface area contributed by atoms with Gasteiger partial charge in [-0.25, -0.2) is 4.98 Å². The van der Waals surface area contributed by atoms with E-state index < -0.39 is 0 Å². The number of rotatable bonds is 2. The van der Waals surface area contributed by atoms with E-state index in [0.29, 0.717) is 28.2 Å². The average molecular weight is 273 g/mol. The molecule has 5 nitrogen and oxygen atoms in total.